The quantitative estimate of drug-likeness (QED) is 0.311. The zero-order valence-electron chi connectivity index (χ0n) is 22.4. The molecule has 2 N–H and O–H groups in total. The largest absolute Gasteiger partial charge is 0.416 e. The van der Waals surface area contributed by atoms with E-state index in [4.69, 9.17) is 5.73 Å². The lowest BCUT2D eigenvalue weighted by Gasteiger charge is -2.30. The van der Waals surface area contributed by atoms with E-state index >= 15 is 0 Å². The third kappa shape index (κ3) is 8.10. The van der Waals surface area contributed by atoms with Crippen molar-refractivity contribution in [1.82, 2.24) is 25.1 Å². The fourth-order valence-electron chi connectivity index (χ4n) is 4.50. The Kier molecular flexibility index (Phi) is 9.44. The maximum Gasteiger partial charge on any atom is 0.416 e. The second kappa shape index (κ2) is 12.1. The van der Waals surface area contributed by atoms with E-state index in [1.165, 1.54) is 25.1 Å². The summed E-state index contributed by atoms with van der Waals surface area (Å²) < 4.78 is 122. The maximum atomic E-state index is 13.7. The summed E-state index contributed by atoms with van der Waals surface area (Å²) in [7, 11) is 2.88. The molecule has 230 valence electrons. The minimum Gasteiger partial charge on any atom is -0.369 e. The Hall–Kier alpha value is -3.89. The average Bonchev–Trinajstić information content (AvgIpc) is 3.28. The SMILES string of the molecule is CCC(c1ccc(C(F)(F)F)cc1CN(Cc1cc(C(F)(F)F)cc(C(F)(F)F)c1)c1nnn(C)n1)N(C)CC(N)=O. The molecular formula is C25H26F9N7O. The summed E-state index contributed by atoms with van der Waals surface area (Å²) in [6.45, 7) is 0.359. The second-order valence-electron chi connectivity index (χ2n) is 9.57. The van der Waals surface area contributed by atoms with Crippen molar-refractivity contribution in [2.75, 3.05) is 18.5 Å². The number of halogens is 9. The van der Waals surface area contributed by atoms with E-state index in [1.807, 2.05) is 0 Å². The minimum absolute atomic E-state index is 0.0171. The number of carbonyl (C=O) groups is 1. The molecule has 1 aromatic heterocycles. The zero-order chi connectivity index (χ0) is 31.6. The summed E-state index contributed by atoms with van der Waals surface area (Å²) in [5.41, 5.74) is 1.02. The van der Waals surface area contributed by atoms with Crippen LogP contribution >= 0.6 is 0 Å². The number of primary amides is 1. The number of benzene rings is 2. The Labute approximate surface area is 233 Å². The smallest absolute Gasteiger partial charge is 0.369 e. The third-order valence-electron chi connectivity index (χ3n) is 6.32. The second-order valence-corrected chi connectivity index (χ2v) is 9.57. The van der Waals surface area contributed by atoms with Crippen molar-refractivity contribution in [1.29, 1.82) is 0 Å². The minimum atomic E-state index is -5.11. The van der Waals surface area contributed by atoms with E-state index in [2.05, 4.69) is 15.4 Å². The molecule has 3 aromatic rings. The Morgan fingerprint density at radius 1 is 0.905 bits per heavy atom. The van der Waals surface area contributed by atoms with Crippen LogP contribution in [0.2, 0.25) is 0 Å². The van der Waals surface area contributed by atoms with Crippen molar-refractivity contribution in [3.8, 4) is 0 Å². The lowest BCUT2D eigenvalue weighted by Crippen LogP contribution is -2.34. The van der Waals surface area contributed by atoms with Crippen LogP contribution in [0.15, 0.2) is 36.4 Å². The summed E-state index contributed by atoms with van der Waals surface area (Å²) in [6.07, 6.45) is -14.7. The highest BCUT2D eigenvalue weighted by Crippen LogP contribution is 2.38. The Morgan fingerprint density at radius 3 is 1.93 bits per heavy atom. The maximum absolute atomic E-state index is 13.7. The molecule has 1 atom stereocenters. The third-order valence-corrected chi connectivity index (χ3v) is 6.32. The Balaban J connectivity index is 2.17. The molecule has 0 aliphatic heterocycles. The van der Waals surface area contributed by atoms with Gasteiger partial charge in [0.2, 0.25) is 5.91 Å². The molecule has 0 radical (unpaired) electrons. The highest BCUT2D eigenvalue weighted by atomic mass is 19.4. The topological polar surface area (TPSA) is 93.2 Å². The molecule has 0 fully saturated rings. The van der Waals surface area contributed by atoms with Gasteiger partial charge in [-0.3, -0.25) is 9.69 Å². The number of rotatable bonds is 10. The number of nitrogens with two attached hydrogens (primary N) is 1. The first-order valence-corrected chi connectivity index (χ1v) is 12.3. The van der Waals surface area contributed by atoms with E-state index in [0.717, 1.165) is 21.8 Å². The van der Waals surface area contributed by atoms with Gasteiger partial charge < -0.3 is 10.6 Å². The van der Waals surface area contributed by atoms with E-state index < -0.39 is 65.8 Å². The van der Waals surface area contributed by atoms with Crippen molar-refractivity contribution in [2.45, 2.75) is 51.0 Å². The molecule has 8 nitrogen and oxygen atoms in total. The number of alkyl halides is 9. The summed E-state index contributed by atoms with van der Waals surface area (Å²) in [5, 5.41) is 11.4. The van der Waals surface area contributed by atoms with Gasteiger partial charge in [-0.1, -0.05) is 18.1 Å². The molecule has 1 unspecified atom stereocenters. The van der Waals surface area contributed by atoms with E-state index in [9.17, 15) is 44.3 Å². The van der Waals surface area contributed by atoms with Crippen LogP contribution in [0.25, 0.3) is 0 Å². The van der Waals surface area contributed by atoms with Gasteiger partial charge >= 0.3 is 18.5 Å². The number of amides is 1. The molecule has 0 aliphatic carbocycles. The molecule has 0 spiro atoms. The molecule has 0 saturated heterocycles. The number of aromatic nitrogens is 4. The first-order chi connectivity index (χ1) is 19.3. The van der Waals surface area contributed by atoms with Gasteiger partial charge in [0.25, 0.3) is 5.95 Å². The molecule has 0 aliphatic rings. The number of tetrazole rings is 1. The van der Waals surface area contributed by atoms with Gasteiger partial charge in [-0.05, 0) is 65.7 Å². The van der Waals surface area contributed by atoms with Crippen LogP contribution in [0.5, 0.6) is 0 Å². The summed E-state index contributed by atoms with van der Waals surface area (Å²) >= 11 is 0. The van der Waals surface area contributed by atoms with Gasteiger partial charge in [0.15, 0.2) is 0 Å². The van der Waals surface area contributed by atoms with Crippen LogP contribution in [0.3, 0.4) is 0 Å². The zero-order valence-corrected chi connectivity index (χ0v) is 22.4. The van der Waals surface area contributed by atoms with Crippen LogP contribution in [-0.4, -0.2) is 44.6 Å². The molecule has 0 saturated carbocycles. The van der Waals surface area contributed by atoms with Crippen molar-refractivity contribution in [2.24, 2.45) is 12.8 Å². The average molecular weight is 612 g/mol. The molecule has 1 heterocycles. The van der Waals surface area contributed by atoms with Crippen LogP contribution in [0, 0.1) is 0 Å². The number of aryl methyl sites for hydroxylation is 1. The fraction of sp³-hybridized carbons (Fsp3) is 0.440. The molecular weight excluding hydrogens is 585 g/mol. The number of anilines is 1. The van der Waals surface area contributed by atoms with Crippen molar-refractivity contribution in [3.05, 3.63) is 69.8 Å². The molecule has 3 rings (SSSR count). The van der Waals surface area contributed by atoms with Crippen LogP contribution in [-0.2, 0) is 43.5 Å². The number of carbonyl (C=O) groups excluding carboxylic acids is 1. The van der Waals surface area contributed by atoms with Crippen molar-refractivity contribution in [3.63, 3.8) is 0 Å². The van der Waals surface area contributed by atoms with Gasteiger partial charge in [0.1, 0.15) is 0 Å². The lowest BCUT2D eigenvalue weighted by molar-refractivity contribution is -0.143. The van der Waals surface area contributed by atoms with Crippen LogP contribution in [0.4, 0.5) is 45.5 Å². The number of likely N-dealkylation sites (N-methyl/N-ethyl adjacent to an activating group) is 1. The molecule has 42 heavy (non-hydrogen) atoms. The number of hydrogen-bond donors (Lipinski definition) is 1. The van der Waals surface area contributed by atoms with E-state index in [-0.39, 0.29) is 24.1 Å². The Bertz CT molecular complexity index is 1370. The van der Waals surface area contributed by atoms with Crippen molar-refractivity contribution >= 4 is 11.9 Å². The summed E-state index contributed by atoms with van der Waals surface area (Å²) in [4.78, 5) is 15.1. The van der Waals surface area contributed by atoms with Gasteiger partial charge in [-0.2, -0.15) is 44.3 Å². The molecule has 1 amide bonds. The predicted molar refractivity (Wildman–Crippen MR) is 131 cm³/mol. The van der Waals surface area contributed by atoms with Gasteiger partial charge in [-0.15, -0.1) is 5.10 Å². The highest BCUT2D eigenvalue weighted by Gasteiger charge is 2.37. The van der Waals surface area contributed by atoms with Gasteiger partial charge in [-0.25, -0.2) is 0 Å². The molecule has 2 aromatic carbocycles. The Morgan fingerprint density at radius 2 is 1.48 bits per heavy atom. The summed E-state index contributed by atoms with van der Waals surface area (Å²) in [5.74, 6) is -0.954. The first-order valence-electron chi connectivity index (χ1n) is 12.3. The van der Waals surface area contributed by atoms with Crippen LogP contribution < -0.4 is 10.6 Å². The van der Waals surface area contributed by atoms with Gasteiger partial charge in [0, 0.05) is 19.1 Å². The fourth-order valence-corrected chi connectivity index (χ4v) is 4.50. The predicted octanol–water partition coefficient (Wildman–Crippen LogP) is 5.34. The van der Waals surface area contributed by atoms with Gasteiger partial charge in [0.05, 0.1) is 30.3 Å². The molecule has 17 heteroatoms. The first kappa shape index (κ1) is 32.6. The van der Waals surface area contributed by atoms with E-state index in [1.54, 1.807) is 6.92 Å². The summed E-state index contributed by atoms with van der Waals surface area (Å²) in [6, 6.07) is 3.25. The highest BCUT2D eigenvalue weighted by molar-refractivity contribution is 5.76. The normalized spacial score (nSPS) is 13.5. The molecule has 0 bridgehead atoms. The standard InChI is InChI=1S/C25H26F9N7O/c1-4-20(39(2)13-21(35)42)19-6-5-16(23(26,27)28)9-15(19)12-41(22-36-38-40(3)37-22)11-14-7-17(24(29,30)31)10-18(8-14)25(32,33)34/h5-10,20H,4,11-13H2,1-3H3,(H2,35,42). The monoisotopic (exact) mass is 611 g/mol. The van der Waals surface area contributed by atoms with Crippen molar-refractivity contribution < 1.29 is 44.3 Å². The number of nitrogens with zero attached hydrogens (tertiary/aromatic N) is 6. The number of hydrogen-bond acceptors (Lipinski definition) is 6. The van der Waals surface area contributed by atoms with Crippen LogP contribution in [0.1, 0.15) is 52.8 Å². The lowest BCUT2D eigenvalue weighted by atomic mass is 9.94. The van der Waals surface area contributed by atoms with E-state index in [0.29, 0.717) is 24.1 Å².